The fourth-order valence-corrected chi connectivity index (χ4v) is 2.90. The van der Waals surface area contributed by atoms with Gasteiger partial charge in [-0.25, -0.2) is 0 Å². The summed E-state index contributed by atoms with van der Waals surface area (Å²) in [6.45, 7) is 0. The van der Waals surface area contributed by atoms with Crippen molar-refractivity contribution >= 4 is 10.8 Å². The van der Waals surface area contributed by atoms with E-state index in [1.54, 1.807) is 18.2 Å². The van der Waals surface area contributed by atoms with E-state index in [0.717, 1.165) is 21.9 Å². The molecule has 1 aliphatic heterocycles. The summed E-state index contributed by atoms with van der Waals surface area (Å²) in [6, 6.07) is 14.1. The van der Waals surface area contributed by atoms with E-state index >= 15 is 0 Å². The van der Waals surface area contributed by atoms with Crippen LogP contribution in [0.4, 0.5) is 0 Å². The Morgan fingerprint density at radius 2 is 1.73 bits per heavy atom. The molecule has 1 aliphatic rings. The van der Waals surface area contributed by atoms with Crippen LogP contribution in [-0.2, 0) is 6.42 Å². The highest BCUT2D eigenvalue weighted by Crippen LogP contribution is 2.44. The van der Waals surface area contributed by atoms with Crippen LogP contribution in [0, 0.1) is 11.3 Å². The number of hydrogen-bond donors (Lipinski definition) is 2. The SMILES string of the molecule is N#Cc1cc(O)cc2c1Oc1c(ccc3ccc(O)cc13)C2. The molecule has 106 valence electrons. The zero-order valence-corrected chi connectivity index (χ0v) is 11.5. The van der Waals surface area contributed by atoms with Crippen LogP contribution in [0.15, 0.2) is 42.5 Å². The number of phenolic OH excluding ortho intramolecular Hbond substituents is 2. The molecule has 0 saturated carbocycles. The van der Waals surface area contributed by atoms with Crippen LogP contribution in [0.25, 0.3) is 10.8 Å². The van der Waals surface area contributed by atoms with Crippen molar-refractivity contribution in [2.45, 2.75) is 6.42 Å². The smallest absolute Gasteiger partial charge is 0.149 e. The van der Waals surface area contributed by atoms with Gasteiger partial charge in [-0.2, -0.15) is 5.26 Å². The Kier molecular flexibility index (Phi) is 2.51. The van der Waals surface area contributed by atoms with Crippen molar-refractivity contribution in [3.05, 3.63) is 59.2 Å². The van der Waals surface area contributed by atoms with Gasteiger partial charge in [0.15, 0.2) is 0 Å². The first-order valence-electron chi connectivity index (χ1n) is 6.84. The number of fused-ring (bicyclic) bond motifs is 4. The van der Waals surface area contributed by atoms with Crippen LogP contribution in [0.5, 0.6) is 23.0 Å². The summed E-state index contributed by atoms with van der Waals surface area (Å²) >= 11 is 0. The van der Waals surface area contributed by atoms with E-state index < -0.39 is 0 Å². The van der Waals surface area contributed by atoms with Gasteiger partial charge in [0.05, 0.1) is 5.56 Å². The van der Waals surface area contributed by atoms with Crippen molar-refractivity contribution < 1.29 is 14.9 Å². The highest BCUT2D eigenvalue weighted by atomic mass is 16.5. The minimum Gasteiger partial charge on any atom is -0.508 e. The Balaban J connectivity index is 1.98. The highest BCUT2D eigenvalue weighted by molar-refractivity contribution is 5.91. The molecule has 4 heteroatoms. The van der Waals surface area contributed by atoms with Crippen LogP contribution in [0.1, 0.15) is 16.7 Å². The fourth-order valence-electron chi connectivity index (χ4n) is 2.90. The molecule has 0 radical (unpaired) electrons. The second kappa shape index (κ2) is 4.40. The van der Waals surface area contributed by atoms with E-state index in [-0.39, 0.29) is 11.5 Å². The number of phenols is 2. The predicted octanol–water partition coefficient (Wildman–Crippen LogP) is 3.82. The maximum absolute atomic E-state index is 9.72. The van der Waals surface area contributed by atoms with Gasteiger partial charge in [-0.05, 0) is 29.1 Å². The van der Waals surface area contributed by atoms with Crippen molar-refractivity contribution in [2.75, 3.05) is 0 Å². The van der Waals surface area contributed by atoms with Gasteiger partial charge >= 0.3 is 0 Å². The first kappa shape index (κ1) is 12.5. The molecule has 0 spiro atoms. The van der Waals surface area contributed by atoms with E-state index in [4.69, 9.17) is 4.74 Å². The molecule has 0 fully saturated rings. The molecule has 0 unspecified atom stereocenters. The third-order valence-electron chi connectivity index (χ3n) is 3.89. The average molecular weight is 289 g/mol. The second-order valence-corrected chi connectivity index (χ2v) is 5.33. The molecular formula is C18H11NO3. The Labute approximate surface area is 126 Å². The summed E-state index contributed by atoms with van der Waals surface area (Å²) in [6.07, 6.45) is 0.569. The molecule has 0 atom stereocenters. The molecule has 4 nitrogen and oxygen atoms in total. The van der Waals surface area contributed by atoms with Gasteiger partial charge in [-0.15, -0.1) is 0 Å². The zero-order valence-electron chi connectivity index (χ0n) is 11.5. The van der Waals surface area contributed by atoms with Gasteiger partial charge in [0.25, 0.3) is 0 Å². The first-order valence-corrected chi connectivity index (χ1v) is 6.84. The lowest BCUT2D eigenvalue weighted by molar-refractivity contribution is 0.450. The van der Waals surface area contributed by atoms with Crippen molar-refractivity contribution in [2.24, 2.45) is 0 Å². The largest absolute Gasteiger partial charge is 0.508 e. The van der Waals surface area contributed by atoms with Gasteiger partial charge in [-0.3, -0.25) is 0 Å². The van der Waals surface area contributed by atoms with Crippen molar-refractivity contribution in [1.82, 2.24) is 0 Å². The third kappa shape index (κ3) is 1.76. The average Bonchev–Trinajstić information content (AvgIpc) is 2.52. The van der Waals surface area contributed by atoms with Gasteiger partial charge < -0.3 is 14.9 Å². The van der Waals surface area contributed by atoms with Crippen LogP contribution in [-0.4, -0.2) is 10.2 Å². The molecule has 0 aromatic heterocycles. The fraction of sp³-hybridized carbons (Fsp3) is 0.0556. The highest BCUT2D eigenvalue weighted by Gasteiger charge is 2.23. The Morgan fingerprint density at radius 1 is 0.909 bits per heavy atom. The van der Waals surface area contributed by atoms with E-state index in [9.17, 15) is 15.5 Å². The summed E-state index contributed by atoms with van der Waals surface area (Å²) in [5.74, 6) is 1.36. The number of hydrogen-bond acceptors (Lipinski definition) is 4. The van der Waals surface area contributed by atoms with Gasteiger partial charge in [0.2, 0.25) is 0 Å². The molecule has 3 aromatic rings. The normalized spacial score (nSPS) is 12.1. The summed E-state index contributed by atoms with van der Waals surface area (Å²) < 4.78 is 5.98. The molecule has 0 amide bonds. The molecule has 1 heterocycles. The quantitative estimate of drug-likeness (QED) is 0.516. The summed E-state index contributed by atoms with van der Waals surface area (Å²) in [7, 11) is 0. The van der Waals surface area contributed by atoms with E-state index in [1.165, 1.54) is 6.07 Å². The third-order valence-corrected chi connectivity index (χ3v) is 3.89. The van der Waals surface area contributed by atoms with Crippen LogP contribution < -0.4 is 4.74 Å². The topological polar surface area (TPSA) is 73.5 Å². The van der Waals surface area contributed by atoms with Crippen molar-refractivity contribution in [1.29, 1.82) is 5.26 Å². The number of nitriles is 1. The van der Waals surface area contributed by atoms with Crippen molar-refractivity contribution in [3.63, 3.8) is 0 Å². The molecule has 0 saturated heterocycles. The van der Waals surface area contributed by atoms with Crippen LogP contribution in [0.3, 0.4) is 0 Å². The monoisotopic (exact) mass is 289 g/mol. The number of rotatable bonds is 0. The van der Waals surface area contributed by atoms with Gasteiger partial charge in [0.1, 0.15) is 29.1 Å². The molecule has 0 aliphatic carbocycles. The lowest BCUT2D eigenvalue weighted by Gasteiger charge is -2.23. The number of nitrogens with zero attached hydrogens (tertiary/aromatic N) is 1. The van der Waals surface area contributed by atoms with Crippen LogP contribution >= 0.6 is 0 Å². The molecule has 2 N–H and O–H groups in total. The maximum Gasteiger partial charge on any atom is 0.149 e. The van der Waals surface area contributed by atoms with E-state index in [1.807, 2.05) is 18.2 Å². The van der Waals surface area contributed by atoms with Crippen molar-refractivity contribution in [3.8, 4) is 29.1 Å². The number of ether oxygens (including phenoxy) is 1. The van der Waals surface area contributed by atoms with Crippen LogP contribution in [0.2, 0.25) is 0 Å². The molecular weight excluding hydrogens is 278 g/mol. The summed E-state index contributed by atoms with van der Waals surface area (Å²) in [4.78, 5) is 0. The Hall–Kier alpha value is -3.19. The molecule has 4 rings (SSSR count). The van der Waals surface area contributed by atoms with Gasteiger partial charge in [-0.1, -0.05) is 18.2 Å². The first-order chi connectivity index (χ1) is 10.7. The zero-order chi connectivity index (χ0) is 15.3. The van der Waals surface area contributed by atoms with E-state index in [0.29, 0.717) is 23.5 Å². The lowest BCUT2D eigenvalue weighted by Crippen LogP contribution is -2.05. The molecule has 0 bridgehead atoms. The Morgan fingerprint density at radius 3 is 2.55 bits per heavy atom. The minimum atomic E-state index is 0.0563. The number of aromatic hydroxyl groups is 2. The Bertz CT molecular complexity index is 970. The maximum atomic E-state index is 9.72. The predicted molar refractivity (Wildman–Crippen MR) is 81.3 cm³/mol. The molecule has 3 aromatic carbocycles. The summed E-state index contributed by atoms with van der Waals surface area (Å²) in [5, 5.41) is 30.4. The lowest BCUT2D eigenvalue weighted by atomic mass is 9.95. The standard InChI is InChI=1S/C18H11NO3/c19-9-13-7-15(21)6-12-5-11-2-1-10-3-4-14(20)8-16(10)18(11)22-17(12)13/h1-4,6-8,20-21H,5H2. The van der Waals surface area contributed by atoms with E-state index in [2.05, 4.69) is 6.07 Å². The summed E-state index contributed by atoms with van der Waals surface area (Å²) in [5.41, 5.74) is 2.04. The second-order valence-electron chi connectivity index (χ2n) is 5.33. The minimum absolute atomic E-state index is 0.0563. The van der Waals surface area contributed by atoms with Gasteiger partial charge in [0, 0.05) is 23.4 Å². The number of benzene rings is 3. The molecule has 22 heavy (non-hydrogen) atoms.